The van der Waals surface area contributed by atoms with Gasteiger partial charge in [-0.05, 0) is 49.2 Å². The number of carbonyl (C=O) groups is 1. The highest BCUT2D eigenvalue weighted by Gasteiger charge is 2.17. The lowest BCUT2D eigenvalue weighted by atomic mass is 10.1. The molecule has 0 spiro atoms. The van der Waals surface area contributed by atoms with E-state index < -0.39 is 0 Å². The van der Waals surface area contributed by atoms with Crippen molar-refractivity contribution in [2.45, 2.75) is 20.3 Å². The maximum absolute atomic E-state index is 12.4. The average molecular weight is 358 g/mol. The molecule has 0 unspecified atom stereocenters. The number of hydrogen-bond acceptors (Lipinski definition) is 2. The number of anilines is 1. The molecule has 0 aliphatic carbocycles. The monoisotopic (exact) mass is 357 g/mol. The zero-order valence-corrected chi connectivity index (χ0v) is 14.0. The Kier molecular flexibility index (Phi) is 4.03. The van der Waals surface area contributed by atoms with Crippen molar-refractivity contribution in [3.05, 3.63) is 63.8 Å². The van der Waals surface area contributed by atoms with Gasteiger partial charge in [0.1, 0.15) is 5.58 Å². The van der Waals surface area contributed by atoms with Gasteiger partial charge in [0.15, 0.2) is 5.76 Å². The minimum Gasteiger partial charge on any atom is -0.451 e. The van der Waals surface area contributed by atoms with Gasteiger partial charge in [-0.25, -0.2) is 0 Å². The molecule has 0 saturated heterocycles. The van der Waals surface area contributed by atoms with Crippen LogP contribution in [-0.2, 0) is 6.42 Å². The summed E-state index contributed by atoms with van der Waals surface area (Å²) < 4.78 is 6.66. The Morgan fingerprint density at radius 2 is 1.91 bits per heavy atom. The van der Waals surface area contributed by atoms with Crippen molar-refractivity contribution in [2.24, 2.45) is 0 Å². The molecule has 0 fully saturated rings. The van der Waals surface area contributed by atoms with E-state index in [1.54, 1.807) is 0 Å². The Hall–Kier alpha value is -2.07. The molecule has 3 rings (SSSR count). The first-order chi connectivity index (χ1) is 10.6. The summed E-state index contributed by atoms with van der Waals surface area (Å²) in [6.45, 7) is 4.00. The fraction of sp³-hybridized carbons (Fsp3) is 0.167. The number of furan rings is 1. The van der Waals surface area contributed by atoms with Gasteiger partial charge in [-0.1, -0.05) is 35.0 Å². The molecule has 0 aliphatic rings. The highest BCUT2D eigenvalue weighted by Crippen LogP contribution is 2.28. The molecule has 1 heterocycles. The summed E-state index contributed by atoms with van der Waals surface area (Å²) >= 11 is 3.44. The van der Waals surface area contributed by atoms with Crippen LogP contribution in [0.15, 0.2) is 51.4 Å². The van der Waals surface area contributed by atoms with Crippen LogP contribution in [-0.4, -0.2) is 5.91 Å². The highest BCUT2D eigenvalue weighted by molar-refractivity contribution is 9.10. The number of carbonyl (C=O) groups excluding carboxylic acids is 1. The zero-order valence-electron chi connectivity index (χ0n) is 12.4. The van der Waals surface area contributed by atoms with Crippen molar-refractivity contribution in [3.8, 4) is 0 Å². The van der Waals surface area contributed by atoms with E-state index >= 15 is 0 Å². The fourth-order valence-corrected chi connectivity index (χ4v) is 2.78. The number of aryl methyl sites for hydroxylation is 2. The molecule has 0 bridgehead atoms. The summed E-state index contributed by atoms with van der Waals surface area (Å²) in [6, 6.07) is 13.6. The second-order valence-electron chi connectivity index (χ2n) is 5.20. The molecule has 2 aromatic carbocycles. The number of amides is 1. The van der Waals surface area contributed by atoms with Gasteiger partial charge in [-0.15, -0.1) is 0 Å². The predicted octanol–water partition coefficient (Wildman–Crippen LogP) is 5.32. The van der Waals surface area contributed by atoms with E-state index in [2.05, 4.69) is 28.2 Å². The standard InChI is InChI=1S/C18H16BrNO2/c1-3-12-4-7-14(8-5-12)20-18(21)17-11(2)15-10-13(19)6-9-16(15)22-17/h4-10H,3H2,1-2H3,(H,20,21). The summed E-state index contributed by atoms with van der Waals surface area (Å²) in [5.41, 5.74) is 3.57. The van der Waals surface area contributed by atoms with Crippen LogP contribution in [0, 0.1) is 6.92 Å². The maximum atomic E-state index is 12.4. The summed E-state index contributed by atoms with van der Waals surface area (Å²) in [7, 11) is 0. The maximum Gasteiger partial charge on any atom is 0.291 e. The third-order valence-electron chi connectivity index (χ3n) is 3.72. The molecule has 0 aliphatic heterocycles. The van der Waals surface area contributed by atoms with Crippen LogP contribution in [0.4, 0.5) is 5.69 Å². The molecule has 22 heavy (non-hydrogen) atoms. The van der Waals surface area contributed by atoms with E-state index in [0.717, 1.165) is 27.5 Å². The van der Waals surface area contributed by atoms with E-state index in [0.29, 0.717) is 11.3 Å². The minimum absolute atomic E-state index is 0.228. The lowest BCUT2D eigenvalue weighted by molar-refractivity contribution is 0.0998. The highest BCUT2D eigenvalue weighted by atomic mass is 79.9. The Bertz CT molecular complexity index is 834. The Morgan fingerprint density at radius 1 is 1.18 bits per heavy atom. The first kappa shape index (κ1) is 14.9. The van der Waals surface area contributed by atoms with Crippen LogP contribution in [0.2, 0.25) is 0 Å². The lowest BCUT2D eigenvalue weighted by Crippen LogP contribution is -2.12. The van der Waals surface area contributed by atoms with Crippen molar-refractivity contribution in [3.63, 3.8) is 0 Å². The summed E-state index contributed by atoms with van der Waals surface area (Å²) in [5.74, 6) is 0.127. The molecule has 1 amide bonds. The number of hydrogen-bond donors (Lipinski definition) is 1. The van der Waals surface area contributed by atoms with Gasteiger partial charge in [0.2, 0.25) is 0 Å². The molecular weight excluding hydrogens is 342 g/mol. The van der Waals surface area contributed by atoms with Crippen molar-refractivity contribution in [1.29, 1.82) is 0 Å². The minimum atomic E-state index is -0.228. The zero-order chi connectivity index (χ0) is 15.7. The molecule has 0 atom stereocenters. The molecular formula is C18H16BrNO2. The summed E-state index contributed by atoms with van der Waals surface area (Å²) in [4.78, 5) is 12.4. The van der Waals surface area contributed by atoms with Crippen LogP contribution in [0.1, 0.15) is 28.6 Å². The van der Waals surface area contributed by atoms with Crippen molar-refractivity contribution >= 4 is 38.5 Å². The van der Waals surface area contributed by atoms with Crippen LogP contribution < -0.4 is 5.32 Å². The summed E-state index contributed by atoms with van der Waals surface area (Å²) in [5, 5.41) is 3.83. The topological polar surface area (TPSA) is 42.2 Å². The third-order valence-corrected chi connectivity index (χ3v) is 4.22. The van der Waals surface area contributed by atoms with Crippen molar-refractivity contribution in [1.82, 2.24) is 0 Å². The number of rotatable bonds is 3. The van der Waals surface area contributed by atoms with E-state index in [1.807, 2.05) is 49.4 Å². The van der Waals surface area contributed by atoms with Crippen molar-refractivity contribution < 1.29 is 9.21 Å². The van der Waals surface area contributed by atoms with Gasteiger partial charge in [0, 0.05) is 21.1 Å². The molecule has 1 N–H and O–H groups in total. The molecule has 0 radical (unpaired) electrons. The second-order valence-corrected chi connectivity index (χ2v) is 6.12. The van der Waals surface area contributed by atoms with E-state index in [9.17, 15) is 4.79 Å². The van der Waals surface area contributed by atoms with Gasteiger partial charge >= 0.3 is 0 Å². The van der Waals surface area contributed by atoms with E-state index in [-0.39, 0.29) is 5.91 Å². The van der Waals surface area contributed by atoms with E-state index in [4.69, 9.17) is 4.42 Å². The van der Waals surface area contributed by atoms with E-state index in [1.165, 1.54) is 5.56 Å². The molecule has 112 valence electrons. The quantitative estimate of drug-likeness (QED) is 0.689. The normalized spacial score (nSPS) is 10.9. The third kappa shape index (κ3) is 2.79. The molecule has 3 nitrogen and oxygen atoms in total. The summed E-state index contributed by atoms with van der Waals surface area (Å²) in [6.07, 6.45) is 0.978. The SMILES string of the molecule is CCc1ccc(NC(=O)c2oc3ccc(Br)cc3c2C)cc1. The van der Waals surface area contributed by atoms with Crippen LogP contribution in [0.5, 0.6) is 0 Å². The van der Waals surface area contributed by atoms with Crippen molar-refractivity contribution in [2.75, 3.05) is 5.32 Å². The smallest absolute Gasteiger partial charge is 0.291 e. The molecule has 4 heteroatoms. The Labute approximate surface area is 137 Å². The second kappa shape index (κ2) is 5.97. The largest absolute Gasteiger partial charge is 0.451 e. The van der Waals surface area contributed by atoms with Gasteiger partial charge in [0.05, 0.1) is 0 Å². The lowest BCUT2D eigenvalue weighted by Gasteiger charge is -2.04. The van der Waals surface area contributed by atoms with Gasteiger partial charge < -0.3 is 9.73 Å². The number of fused-ring (bicyclic) bond motifs is 1. The first-order valence-corrected chi connectivity index (χ1v) is 7.96. The molecule has 3 aromatic rings. The first-order valence-electron chi connectivity index (χ1n) is 7.17. The molecule has 1 aromatic heterocycles. The van der Waals surface area contributed by atoms with Crippen LogP contribution >= 0.6 is 15.9 Å². The van der Waals surface area contributed by atoms with Gasteiger partial charge in [-0.2, -0.15) is 0 Å². The number of benzene rings is 2. The van der Waals surface area contributed by atoms with Gasteiger partial charge in [0.25, 0.3) is 5.91 Å². The van der Waals surface area contributed by atoms with Crippen LogP contribution in [0.3, 0.4) is 0 Å². The van der Waals surface area contributed by atoms with Gasteiger partial charge in [-0.3, -0.25) is 4.79 Å². The molecule has 0 saturated carbocycles. The number of nitrogens with one attached hydrogen (secondary N) is 1. The Balaban J connectivity index is 1.89. The predicted molar refractivity (Wildman–Crippen MR) is 92.4 cm³/mol. The Morgan fingerprint density at radius 3 is 2.59 bits per heavy atom. The fourth-order valence-electron chi connectivity index (χ4n) is 2.42. The average Bonchev–Trinajstić information content (AvgIpc) is 2.85. The van der Waals surface area contributed by atoms with Crippen LogP contribution in [0.25, 0.3) is 11.0 Å². The number of halogens is 1.